The van der Waals surface area contributed by atoms with E-state index in [4.69, 9.17) is 25.7 Å². The Morgan fingerprint density at radius 2 is 1.93 bits per heavy atom. The molecule has 7 nitrogen and oxygen atoms in total. The summed E-state index contributed by atoms with van der Waals surface area (Å²) in [6, 6.07) is 12.3. The minimum atomic E-state index is -1.67. The fourth-order valence-corrected chi connectivity index (χ4v) is 4.53. The van der Waals surface area contributed by atoms with Crippen molar-refractivity contribution < 1.29 is 24.4 Å². The number of benzene rings is 2. The molecule has 0 bridgehead atoms. The lowest BCUT2D eigenvalue weighted by molar-refractivity contribution is -0.0941. The molecule has 3 unspecified atom stereocenters. The van der Waals surface area contributed by atoms with Crippen molar-refractivity contribution in [1.82, 2.24) is 0 Å². The van der Waals surface area contributed by atoms with Crippen LogP contribution in [0.15, 0.2) is 42.5 Å². The third kappa shape index (κ3) is 3.14. The number of nitrogens with two attached hydrogens (primary N) is 2. The maximum Gasteiger partial charge on any atom is 0.161 e. The van der Waals surface area contributed by atoms with Crippen molar-refractivity contribution in [3.63, 3.8) is 0 Å². The van der Waals surface area contributed by atoms with E-state index in [1.807, 2.05) is 30.3 Å². The van der Waals surface area contributed by atoms with E-state index in [2.05, 4.69) is 0 Å². The number of unbranched alkanes of at least 4 members (excludes halogenated alkanes) is 1. The van der Waals surface area contributed by atoms with Gasteiger partial charge in [0.05, 0.1) is 19.3 Å². The van der Waals surface area contributed by atoms with Crippen LogP contribution in [-0.2, 0) is 5.60 Å². The van der Waals surface area contributed by atoms with Crippen molar-refractivity contribution in [2.24, 2.45) is 11.5 Å². The minimum Gasteiger partial charge on any atom is -0.496 e. The lowest BCUT2D eigenvalue weighted by atomic mass is 9.87. The third-order valence-corrected chi connectivity index (χ3v) is 5.96. The Bertz CT molecular complexity index is 862. The predicted molar refractivity (Wildman–Crippen MR) is 108 cm³/mol. The quantitative estimate of drug-likeness (QED) is 0.516. The van der Waals surface area contributed by atoms with Gasteiger partial charge in [0.1, 0.15) is 29.5 Å². The van der Waals surface area contributed by atoms with Crippen LogP contribution in [0.25, 0.3) is 0 Å². The van der Waals surface area contributed by atoms with Gasteiger partial charge >= 0.3 is 0 Å². The minimum absolute atomic E-state index is 0.373. The lowest BCUT2D eigenvalue weighted by Gasteiger charge is -2.27. The van der Waals surface area contributed by atoms with Gasteiger partial charge in [0, 0.05) is 24.1 Å². The molecule has 1 fully saturated rings. The van der Waals surface area contributed by atoms with Crippen molar-refractivity contribution in [3.05, 3.63) is 53.6 Å². The van der Waals surface area contributed by atoms with Crippen LogP contribution < -0.4 is 25.7 Å². The molecule has 1 saturated carbocycles. The highest BCUT2D eigenvalue weighted by Gasteiger charge is 2.66. The molecule has 0 aromatic heterocycles. The number of fused-ring (bicyclic) bond motifs is 3. The molecule has 6 N–H and O–H groups in total. The molecule has 2 aromatic carbocycles. The monoisotopic (exact) mass is 400 g/mol. The molecule has 29 heavy (non-hydrogen) atoms. The fourth-order valence-electron chi connectivity index (χ4n) is 4.53. The second-order valence-corrected chi connectivity index (χ2v) is 7.67. The van der Waals surface area contributed by atoms with Crippen LogP contribution in [0.5, 0.6) is 17.2 Å². The van der Waals surface area contributed by atoms with Crippen LogP contribution in [0.4, 0.5) is 0 Å². The summed E-state index contributed by atoms with van der Waals surface area (Å²) < 4.78 is 17.5. The van der Waals surface area contributed by atoms with Gasteiger partial charge in [-0.05, 0) is 24.9 Å². The maximum atomic E-state index is 11.6. The Morgan fingerprint density at radius 3 is 2.62 bits per heavy atom. The molecule has 2 aliphatic rings. The summed E-state index contributed by atoms with van der Waals surface area (Å²) in [5.74, 6) is 1.05. The predicted octanol–water partition coefficient (Wildman–Crippen LogP) is 1.25. The van der Waals surface area contributed by atoms with Gasteiger partial charge in [0.25, 0.3) is 0 Å². The van der Waals surface area contributed by atoms with E-state index in [-0.39, 0.29) is 5.92 Å². The van der Waals surface area contributed by atoms with Crippen LogP contribution in [0, 0.1) is 0 Å². The maximum absolute atomic E-state index is 11.6. The highest BCUT2D eigenvalue weighted by atomic mass is 16.5. The zero-order chi connectivity index (χ0) is 20.6. The molecular weight excluding hydrogens is 372 g/mol. The van der Waals surface area contributed by atoms with Crippen molar-refractivity contribution in [2.75, 3.05) is 20.3 Å². The van der Waals surface area contributed by atoms with Crippen LogP contribution in [0.2, 0.25) is 0 Å². The number of aliphatic hydroxyl groups excluding tert-OH is 1. The highest BCUT2D eigenvalue weighted by molar-refractivity contribution is 5.59. The average molecular weight is 400 g/mol. The van der Waals surface area contributed by atoms with Crippen LogP contribution in [0.3, 0.4) is 0 Å². The summed E-state index contributed by atoms with van der Waals surface area (Å²) in [5, 5.41) is 22.6. The molecule has 7 heteroatoms. The van der Waals surface area contributed by atoms with Crippen LogP contribution in [0.1, 0.15) is 29.9 Å². The number of ether oxygens (including phenoxy) is 3. The van der Waals surface area contributed by atoms with Gasteiger partial charge in [-0.1, -0.05) is 30.3 Å². The largest absolute Gasteiger partial charge is 0.496 e. The van der Waals surface area contributed by atoms with E-state index in [1.165, 1.54) is 7.11 Å². The highest BCUT2D eigenvalue weighted by Crippen LogP contribution is 2.58. The van der Waals surface area contributed by atoms with Crippen LogP contribution in [-0.4, -0.2) is 48.7 Å². The molecule has 0 radical (unpaired) electrons. The first-order chi connectivity index (χ1) is 14.0. The molecule has 0 saturated heterocycles. The second-order valence-electron chi connectivity index (χ2n) is 7.67. The Hall–Kier alpha value is -2.32. The summed E-state index contributed by atoms with van der Waals surface area (Å²) >= 11 is 0. The van der Waals surface area contributed by atoms with Crippen molar-refractivity contribution in [1.29, 1.82) is 0 Å². The van der Waals surface area contributed by atoms with Crippen molar-refractivity contribution >= 4 is 0 Å². The summed E-state index contributed by atoms with van der Waals surface area (Å²) in [7, 11) is 1.51. The number of hydrogen-bond acceptors (Lipinski definition) is 7. The van der Waals surface area contributed by atoms with Crippen LogP contribution >= 0.6 is 0 Å². The van der Waals surface area contributed by atoms with Gasteiger partial charge in [-0.25, -0.2) is 0 Å². The molecule has 1 aliphatic heterocycles. The van der Waals surface area contributed by atoms with E-state index in [9.17, 15) is 10.2 Å². The summed E-state index contributed by atoms with van der Waals surface area (Å²) in [6.45, 7) is 1.14. The fraction of sp³-hybridized carbons (Fsp3) is 0.455. The van der Waals surface area contributed by atoms with E-state index in [0.717, 1.165) is 18.4 Å². The topological polar surface area (TPSA) is 120 Å². The Labute approximate surface area is 170 Å². The van der Waals surface area contributed by atoms with Gasteiger partial charge in [0.15, 0.2) is 5.60 Å². The summed E-state index contributed by atoms with van der Waals surface area (Å²) in [6.07, 6.45) is -0.216. The van der Waals surface area contributed by atoms with E-state index >= 15 is 0 Å². The zero-order valence-corrected chi connectivity index (χ0v) is 16.5. The zero-order valence-electron chi connectivity index (χ0n) is 16.5. The SMILES string of the molecule is COc1cc(OCCCCN)cc2c1[C@]1(O)C(O)C(N)[C@@H](c3ccccc3)C1O2. The van der Waals surface area contributed by atoms with Gasteiger partial charge in [-0.2, -0.15) is 0 Å². The second kappa shape index (κ2) is 7.84. The van der Waals surface area contributed by atoms with Gasteiger partial charge in [-0.3, -0.25) is 0 Å². The lowest BCUT2D eigenvalue weighted by Crippen LogP contribution is -2.45. The van der Waals surface area contributed by atoms with E-state index in [1.54, 1.807) is 12.1 Å². The first-order valence-corrected chi connectivity index (χ1v) is 9.95. The Balaban J connectivity index is 1.70. The molecule has 0 spiro atoms. The Morgan fingerprint density at radius 1 is 1.17 bits per heavy atom. The molecular formula is C22H28N2O5. The first kappa shape index (κ1) is 20.0. The standard InChI is InChI=1S/C22H28N2O5/c1-27-15-11-14(28-10-6-5-9-23)12-16-18(15)22(26)20(25)19(24)17(21(22)29-16)13-7-3-2-4-8-13/h2-4,7-8,11-12,17,19-21,25-26H,5-6,9-10,23-24H2,1H3/t17-,19?,20?,21?,22+/m1/s1. The molecule has 5 atom stereocenters. The molecule has 0 amide bonds. The molecule has 1 heterocycles. The average Bonchev–Trinajstić information content (AvgIpc) is 3.13. The number of aliphatic hydroxyl groups is 2. The normalized spacial score (nSPS) is 29.8. The van der Waals surface area contributed by atoms with E-state index < -0.39 is 23.9 Å². The third-order valence-electron chi connectivity index (χ3n) is 5.96. The Kier molecular flexibility index (Phi) is 5.40. The molecule has 156 valence electrons. The number of methoxy groups -OCH3 is 1. The number of hydrogen-bond donors (Lipinski definition) is 4. The van der Waals surface area contributed by atoms with E-state index in [0.29, 0.717) is 36.0 Å². The number of rotatable bonds is 7. The van der Waals surface area contributed by atoms with Gasteiger partial charge in [-0.15, -0.1) is 0 Å². The molecule has 4 rings (SSSR count). The van der Waals surface area contributed by atoms with Crippen molar-refractivity contribution in [3.8, 4) is 17.2 Å². The smallest absolute Gasteiger partial charge is 0.161 e. The molecule has 2 aromatic rings. The van der Waals surface area contributed by atoms with Gasteiger partial charge < -0.3 is 35.9 Å². The van der Waals surface area contributed by atoms with Crippen molar-refractivity contribution in [2.45, 2.75) is 42.6 Å². The molecule has 1 aliphatic carbocycles. The first-order valence-electron chi connectivity index (χ1n) is 9.95. The summed E-state index contributed by atoms with van der Waals surface area (Å²) in [5.41, 5.74) is 11.5. The van der Waals surface area contributed by atoms with Gasteiger partial charge in [0.2, 0.25) is 0 Å². The summed E-state index contributed by atoms with van der Waals surface area (Å²) in [4.78, 5) is 0.